The molecular formula is C23H13ClF4O3. The molecule has 0 saturated heterocycles. The van der Waals surface area contributed by atoms with Gasteiger partial charge < -0.3 is 9.15 Å². The Morgan fingerprint density at radius 1 is 0.968 bits per heavy atom. The van der Waals surface area contributed by atoms with Crippen molar-refractivity contribution in [2.24, 2.45) is 0 Å². The number of benzene rings is 3. The molecule has 1 heterocycles. The van der Waals surface area contributed by atoms with Crippen LogP contribution < -0.4 is 10.2 Å². The maximum absolute atomic E-state index is 13.7. The molecule has 0 radical (unpaired) electrons. The zero-order chi connectivity index (χ0) is 22.2. The number of hydrogen-bond acceptors (Lipinski definition) is 3. The number of fused-ring (bicyclic) bond motifs is 1. The predicted octanol–water partition coefficient (Wildman–Crippen LogP) is 6.85. The minimum atomic E-state index is -4.90. The molecule has 0 spiro atoms. The lowest BCUT2D eigenvalue weighted by Crippen LogP contribution is -2.16. The topological polar surface area (TPSA) is 39.4 Å². The molecule has 0 N–H and O–H groups in total. The van der Waals surface area contributed by atoms with Gasteiger partial charge in [0.2, 0.25) is 11.2 Å². The Bertz CT molecular complexity index is 1310. The molecule has 0 saturated carbocycles. The van der Waals surface area contributed by atoms with Crippen molar-refractivity contribution in [2.45, 2.75) is 12.8 Å². The summed E-state index contributed by atoms with van der Waals surface area (Å²) in [5.41, 5.74) is -1.11. The molecule has 4 rings (SSSR count). The van der Waals surface area contributed by atoms with Crippen molar-refractivity contribution < 1.29 is 26.7 Å². The van der Waals surface area contributed by atoms with Gasteiger partial charge in [0.1, 0.15) is 23.8 Å². The van der Waals surface area contributed by atoms with Gasteiger partial charge in [0.25, 0.3) is 0 Å². The second-order valence-corrected chi connectivity index (χ2v) is 7.15. The standard InChI is InChI=1S/C23H13ClF4O3/c24-15-6-4-14(5-7-15)20-21(29)18-9-8-17(11-19(18)31-22(20)23(26,27)28)30-12-13-2-1-3-16(25)10-13/h1-11H,12H2. The third-order valence-corrected chi connectivity index (χ3v) is 4.80. The molecule has 8 heteroatoms. The van der Waals surface area contributed by atoms with Crippen LogP contribution in [-0.2, 0) is 12.8 Å². The van der Waals surface area contributed by atoms with E-state index in [0.29, 0.717) is 10.6 Å². The van der Waals surface area contributed by atoms with Crippen molar-refractivity contribution in [2.75, 3.05) is 0 Å². The van der Waals surface area contributed by atoms with E-state index in [9.17, 15) is 22.4 Å². The fourth-order valence-corrected chi connectivity index (χ4v) is 3.26. The van der Waals surface area contributed by atoms with E-state index in [1.165, 1.54) is 60.7 Å². The van der Waals surface area contributed by atoms with E-state index < -0.39 is 28.7 Å². The van der Waals surface area contributed by atoms with Gasteiger partial charge in [0.05, 0.1) is 10.9 Å². The lowest BCUT2D eigenvalue weighted by atomic mass is 10.0. The lowest BCUT2D eigenvalue weighted by molar-refractivity contribution is -0.152. The number of alkyl halides is 3. The molecule has 0 aliphatic carbocycles. The molecule has 31 heavy (non-hydrogen) atoms. The van der Waals surface area contributed by atoms with Crippen molar-refractivity contribution >= 4 is 22.6 Å². The molecule has 3 nitrogen and oxygen atoms in total. The molecule has 0 atom stereocenters. The van der Waals surface area contributed by atoms with E-state index in [4.69, 9.17) is 20.8 Å². The first-order valence-corrected chi connectivity index (χ1v) is 9.41. The van der Waals surface area contributed by atoms with E-state index in [-0.39, 0.29) is 28.9 Å². The number of halogens is 5. The Hall–Kier alpha value is -3.32. The maximum atomic E-state index is 13.7. The summed E-state index contributed by atoms with van der Waals surface area (Å²) >= 11 is 5.81. The largest absolute Gasteiger partial charge is 0.489 e. The van der Waals surface area contributed by atoms with Crippen LogP contribution in [0.3, 0.4) is 0 Å². The van der Waals surface area contributed by atoms with Crippen LogP contribution in [0.25, 0.3) is 22.1 Å². The summed E-state index contributed by atoms with van der Waals surface area (Å²) in [4.78, 5) is 12.9. The van der Waals surface area contributed by atoms with Crippen molar-refractivity contribution in [1.29, 1.82) is 0 Å². The van der Waals surface area contributed by atoms with Crippen LogP contribution in [0.15, 0.2) is 75.9 Å². The van der Waals surface area contributed by atoms with Gasteiger partial charge in [-0.05, 0) is 47.5 Å². The number of hydrogen-bond donors (Lipinski definition) is 0. The molecule has 158 valence electrons. The van der Waals surface area contributed by atoms with E-state index in [2.05, 4.69) is 0 Å². The van der Waals surface area contributed by atoms with Gasteiger partial charge in [-0.3, -0.25) is 4.79 Å². The normalized spacial score (nSPS) is 11.6. The average Bonchev–Trinajstić information content (AvgIpc) is 2.72. The van der Waals surface area contributed by atoms with E-state index in [0.717, 1.165) is 0 Å². The first kappa shape index (κ1) is 20.9. The van der Waals surface area contributed by atoms with Crippen LogP contribution >= 0.6 is 11.6 Å². The second kappa shape index (κ2) is 8.07. The van der Waals surface area contributed by atoms with Crippen LogP contribution in [0, 0.1) is 5.82 Å². The molecule has 4 aromatic rings. The zero-order valence-corrected chi connectivity index (χ0v) is 16.4. The van der Waals surface area contributed by atoms with Crippen LogP contribution in [-0.4, -0.2) is 0 Å². The van der Waals surface area contributed by atoms with Crippen LogP contribution in [0.2, 0.25) is 5.02 Å². The summed E-state index contributed by atoms with van der Waals surface area (Å²) < 4.78 is 65.1. The Kier molecular flexibility index (Phi) is 5.45. The summed E-state index contributed by atoms with van der Waals surface area (Å²) in [6.45, 7) is -0.0114. The number of rotatable bonds is 4. The molecule has 3 aromatic carbocycles. The van der Waals surface area contributed by atoms with Gasteiger partial charge in [0, 0.05) is 11.1 Å². The first-order chi connectivity index (χ1) is 14.7. The molecule has 0 fully saturated rings. The monoisotopic (exact) mass is 448 g/mol. The fourth-order valence-electron chi connectivity index (χ4n) is 3.14. The first-order valence-electron chi connectivity index (χ1n) is 9.03. The highest BCUT2D eigenvalue weighted by Gasteiger charge is 2.39. The van der Waals surface area contributed by atoms with Crippen molar-refractivity contribution in [1.82, 2.24) is 0 Å². The summed E-state index contributed by atoms with van der Waals surface area (Å²) in [7, 11) is 0. The molecule has 0 bridgehead atoms. The average molecular weight is 449 g/mol. The van der Waals surface area contributed by atoms with E-state index >= 15 is 0 Å². The lowest BCUT2D eigenvalue weighted by Gasteiger charge is -2.13. The molecule has 0 amide bonds. The summed E-state index contributed by atoms with van der Waals surface area (Å²) in [6, 6.07) is 15.1. The van der Waals surface area contributed by atoms with Gasteiger partial charge in [-0.15, -0.1) is 0 Å². The van der Waals surface area contributed by atoms with E-state index in [1.807, 2.05) is 0 Å². The fraction of sp³-hybridized carbons (Fsp3) is 0.0870. The van der Waals surface area contributed by atoms with Gasteiger partial charge in [0.15, 0.2) is 0 Å². The van der Waals surface area contributed by atoms with Gasteiger partial charge in [-0.2, -0.15) is 13.2 Å². The van der Waals surface area contributed by atoms with Gasteiger partial charge >= 0.3 is 6.18 Å². The predicted molar refractivity (Wildman–Crippen MR) is 109 cm³/mol. The van der Waals surface area contributed by atoms with Crippen molar-refractivity contribution in [3.8, 4) is 16.9 Å². The Balaban J connectivity index is 1.78. The third-order valence-electron chi connectivity index (χ3n) is 4.55. The van der Waals surface area contributed by atoms with Crippen LogP contribution in [0.4, 0.5) is 17.6 Å². The quantitative estimate of drug-likeness (QED) is 0.320. The smallest absolute Gasteiger partial charge is 0.450 e. The highest BCUT2D eigenvalue weighted by Crippen LogP contribution is 2.38. The van der Waals surface area contributed by atoms with Crippen LogP contribution in [0.5, 0.6) is 5.75 Å². The SMILES string of the molecule is O=c1c(-c2ccc(Cl)cc2)c(C(F)(F)F)oc2cc(OCc3cccc(F)c3)ccc12. The highest BCUT2D eigenvalue weighted by molar-refractivity contribution is 6.30. The number of ether oxygens (including phenoxy) is 1. The maximum Gasteiger partial charge on any atom is 0.450 e. The van der Waals surface area contributed by atoms with Crippen LogP contribution in [0.1, 0.15) is 11.3 Å². The Morgan fingerprint density at radius 2 is 1.71 bits per heavy atom. The molecule has 0 aliphatic heterocycles. The van der Waals surface area contributed by atoms with Gasteiger partial charge in [-0.25, -0.2) is 4.39 Å². The third kappa shape index (κ3) is 4.41. The van der Waals surface area contributed by atoms with Crippen molar-refractivity contribution in [3.05, 3.63) is 99.1 Å². The van der Waals surface area contributed by atoms with Crippen molar-refractivity contribution in [3.63, 3.8) is 0 Å². The van der Waals surface area contributed by atoms with Gasteiger partial charge in [-0.1, -0.05) is 35.9 Å². The molecule has 0 unspecified atom stereocenters. The molecule has 0 aliphatic rings. The summed E-state index contributed by atoms with van der Waals surface area (Å²) in [6.07, 6.45) is -4.90. The summed E-state index contributed by atoms with van der Waals surface area (Å²) in [5.74, 6) is -1.67. The molecule has 1 aromatic heterocycles. The highest BCUT2D eigenvalue weighted by atomic mass is 35.5. The Morgan fingerprint density at radius 3 is 2.39 bits per heavy atom. The summed E-state index contributed by atoms with van der Waals surface area (Å²) in [5, 5.41) is 0.290. The minimum absolute atomic E-state index is 0.0114. The second-order valence-electron chi connectivity index (χ2n) is 6.72. The Labute approximate surface area is 178 Å². The zero-order valence-electron chi connectivity index (χ0n) is 15.7. The molecular weight excluding hydrogens is 436 g/mol. The van der Waals surface area contributed by atoms with E-state index in [1.54, 1.807) is 6.07 Å². The minimum Gasteiger partial charge on any atom is -0.489 e.